The predicted molar refractivity (Wildman–Crippen MR) is 225 cm³/mol. The number of esters is 2. The molecule has 0 heterocycles. The number of allylic oxidation sites excluding steroid dienone is 13. The van der Waals surface area contributed by atoms with Crippen LogP contribution in [0, 0.1) is 0 Å². The third kappa shape index (κ3) is 38.0. The minimum Gasteiger partial charge on any atom is -0.462 e. The second-order valence-corrected chi connectivity index (χ2v) is 14.9. The Labute approximate surface area is 337 Å². The lowest BCUT2D eigenvalue weighted by molar-refractivity contribution is -0.161. The number of unbranched alkanes of at least 4 members (excludes halogenated alkanes) is 7. The van der Waals surface area contributed by atoms with Gasteiger partial charge in [0.1, 0.15) is 12.7 Å². The van der Waals surface area contributed by atoms with Crippen LogP contribution in [0.3, 0.4) is 0 Å². The lowest BCUT2D eigenvalue weighted by Crippen LogP contribution is -2.29. The first-order valence-corrected chi connectivity index (χ1v) is 22.1. The van der Waals surface area contributed by atoms with E-state index in [0.29, 0.717) is 19.3 Å². The Morgan fingerprint density at radius 1 is 0.589 bits per heavy atom. The molecule has 4 N–H and O–H groups in total. The van der Waals surface area contributed by atoms with Crippen LogP contribution in [0.25, 0.3) is 0 Å². The van der Waals surface area contributed by atoms with Gasteiger partial charge in [0.2, 0.25) is 0 Å². The van der Waals surface area contributed by atoms with Crippen molar-refractivity contribution in [1.29, 1.82) is 0 Å². The average molecular weight is 809 g/mol. The molecule has 0 aliphatic heterocycles. The van der Waals surface area contributed by atoms with Crippen LogP contribution in [0.1, 0.15) is 136 Å². The lowest BCUT2D eigenvalue weighted by atomic mass is 10.1. The molecule has 1 unspecified atom stereocenters. The van der Waals surface area contributed by atoms with Crippen LogP contribution in [-0.4, -0.2) is 76.9 Å². The fraction of sp³-hybridized carbons (Fsp3) is 0.636. The van der Waals surface area contributed by atoms with Crippen molar-refractivity contribution in [1.82, 2.24) is 0 Å². The molecule has 0 saturated carbocycles. The number of aliphatic hydroxyl groups excluding tert-OH is 3. The van der Waals surface area contributed by atoms with Crippen molar-refractivity contribution in [2.24, 2.45) is 0 Å². The summed E-state index contributed by atoms with van der Waals surface area (Å²) in [6, 6.07) is 0. The normalized spacial score (nSPS) is 15.3. The summed E-state index contributed by atoms with van der Waals surface area (Å²) < 4.78 is 32.5. The lowest BCUT2D eigenvalue weighted by Gasteiger charge is -2.20. The molecule has 4 atom stereocenters. The topological polar surface area (TPSA) is 169 Å². The van der Waals surface area contributed by atoms with E-state index in [1.807, 2.05) is 24.3 Å². The monoisotopic (exact) mass is 808 g/mol. The molecule has 0 aromatic carbocycles. The van der Waals surface area contributed by atoms with Crippen LogP contribution in [-0.2, 0) is 32.7 Å². The number of rotatable bonds is 37. The quantitative estimate of drug-likeness (QED) is 0.0204. The van der Waals surface area contributed by atoms with E-state index in [0.717, 1.165) is 70.6 Å². The fourth-order valence-corrected chi connectivity index (χ4v) is 5.62. The minimum atomic E-state index is -4.65. The van der Waals surface area contributed by atoms with E-state index < -0.39 is 51.8 Å². The molecule has 0 aliphatic rings. The van der Waals surface area contributed by atoms with Gasteiger partial charge in [0, 0.05) is 12.8 Å². The molecule has 0 aromatic heterocycles. The van der Waals surface area contributed by atoms with Crippen LogP contribution in [0.15, 0.2) is 85.1 Å². The van der Waals surface area contributed by atoms with Crippen molar-refractivity contribution in [3.63, 3.8) is 0 Å². The molecule has 0 amide bonds. The van der Waals surface area contributed by atoms with Crippen molar-refractivity contribution in [3.8, 4) is 0 Å². The number of phosphoric acid groups is 1. The number of aliphatic hydroxyl groups is 3. The van der Waals surface area contributed by atoms with E-state index in [1.165, 1.54) is 19.3 Å². The Balaban J connectivity index is 4.53. The predicted octanol–water partition coefficient (Wildman–Crippen LogP) is 9.63. The van der Waals surface area contributed by atoms with Crippen LogP contribution in [0.5, 0.6) is 0 Å². The van der Waals surface area contributed by atoms with Crippen molar-refractivity contribution in [2.45, 2.75) is 154 Å². The molecule has 0 aliphatic carbocycles. The van der Waals surface area contributed by atoms with Gasteiger partial charge in [0.05, 0.1) is 25.9 Å². The van der Waals surface area contributed by atoms with Gasteiger partial charge in [-0.25, -0.2) is 4.57 Å². The van der Waals surface area contributed by atoms with Gasteiger partial charge in [0.15, 0.2) is 6.10 Å². The highest BCUT2D eigenvalue weighted by Gasteiger charge is 2.27. The van der Waals surface area contributed by atoms with Gasteiger partial charge in [-0.1, -0.05) is 125 Å². The molecule has 0 fully saturated rings. The zero-order chi connectivity index (χ0) is 41.4. The third-order valence-corrected chi connectivity index (χ3v) is 9.04. The zero-order valence-corrected chi connectivity index (χ0v) is 35.1. The second kappa shape index (κ2) is 39.0. The summed E-state index contributed by atoms with van der Waals surface area (Å²) in [5, 5.41) is 28.1. The highest BCUT2D eigenvalue weighted by atomic mass is 31.2. The minimum absolute atomic E-state index is 0.111. The summed E-state index contributed by atoms with van der Waals surface area (Å²) in [5.74, 6) is -1.07. The largest absolute Gasteiger partial charge is 0.472 e. The molecular weight excluding hydrogens is 735 g/mol. The van der Waals surface area contributed by atoms with Gasteiger partial charge in [-0.3, -0.25) is 18.6 Å². The van der Waals surface area contributed by atoms with Gasteiger partial charge in [-0.2, -0.15) is 0 Å². The number of carbonyl (C=O) groups is 2. The highest BCUT2D eigenvalue weighted by molar-refractivity contribution is 7.47. The Morgan fingerprint density at radius 3 is 1.62 bits per heavy atom. The maximum Gasteiger partial charge on any atom is 0.472 e. The molecule has 0 bridgehead atoms. The number of hydrogen-bond donors (Lipinski definition) is 4. The first-order chi connectivity index (χ1) is 27.1. The summed E-state index contributed by atoms with van der Waals surface area (Å²) in [6.07, 6.45) is 41.8. The summed E-state index contributed by atoms with van der Waals surface area (Å²) in [4.78, 5) is 34.9. The van der Waals surface area contributed by atoms with E-state index in [-0.39, 0.29) is 25.6 Å². The molecule has 12 heteroatoms. The van der Waals surface area contributed by atoms with E-state index in [1.54, 1.807) is 0 Å². The number of carbonyl (C=O) groups excluding carboxylic acids is 2. The Hall–Kier alpha value is -2.89. The van der Waals surface area contributed by atoms with Gasteiger partial charge in [-0.15, -0.1) is 0 Å². The molecule has 0 radical (unpaired) electrons. The van der Waals surface area contributed by atoms with Crippen LogP contribution >= 0.6 is 7.82 Å². The van der Waals surface area contributed by atoms with Crippen molar-refractivity contribution in [3.05, 3.63) is 85.1 Å². The van der Waals surface area contributed by atoms with E-state index in [2.05, 4.69) is 79.1 Å². The van der Waals surface area contributed by atoms with Gasteiger partial charge in [0.25, 0.3) is 0 Å². The molecule has 0 rings (SSSR count). The summed E-state index contributed by atoms with van der Waals surface area (Å²) >= 11 is 0. The molecular formula is C44H73O11P. The maximum absolute atomic E-state index is 12.6. The van der Waals surface area contributed by atoms with E-state index in [9.17, 15) is 29.3 Å². The maximum atomic E-state index is 12.6. The Kier molecular flexibility index (Phi) is 36.9. The first kappa shape index (κ1) is 53.1. The number of phosphoric ester groups is 1. The summed E-state index contributed by atoms with van der Waals surface area (Å²) in [6.45, 7) is 2.04. The number of hydrogen-bond acceptors (Lipinski definition) is 10. The fourth-order valence-electron chi connectivity index (χ4n) is 4.83. The third-order valence-electron chi connectivity index (χ3n) is 8.09. The van der Waals surface area contributed by atoms with Crippen molar-refractivity contribution >= 4 is 19.8 Å². The molecule has 0 aromatic rings. The molecule has 11 nitrogen and oxygen atoms in total. The zero-order valence-electron chi connectivity index (χ0n) is 34.2. The second-order valence-electron chi connectivity index (χ2n) is 13.5. The van der Waals surface area contributed by atoms with Crippen LogP contribution < -0.4 is 0 Å². The van der Waals surface area contributed by atoms with E-state index >= 15 is 0 Å². The Morgan fingerprint density at radius 2 is 1.07 bits per heavy atom. The summed E-state index contributed by atoms with van der Waals surface area (Å²) in [5.41, 5.74) is 0. The molecule has 0 spiro atoms. The van der Waals surface area contributed by atoms with Crippen LogP contribution in [0.2, 0.25) is 0 Å². The van der Waals surface area contributed by atoms with Crippen LogP contribution in [0.4, 0.5) is 0 Å². The molecule has 56 heavy (non-hydrogen) atoms. The average Bonchev–Trinajstić information content (AvgIpc) is 3.18. The standard InChI is InChI=1S/C44H73O11P/c1-3-5-7-8-9-10-11-12-13-14-19-22-25-28-31-35-44(49)55-42(39-54-56(50,51)53-37-41(47)36-45)38-52-43(48)34-30-27-24-21-18-16-15-17-20-23-26-29-33-40(46)32-6-4-2/h9-10,12-13,15-16,19-24,29,33,40-42,45-47H,3-8,11,14,17-18,25-28,30-32,34-39H2,1-2H3,(H,50,51)/b10-9-,13-12-,16-15-,22-19-,23-20-,24-21-,33-29-/t40-,41-,42+/m0/s1. The van der Waals surface area contributed by atoms with Crippen molar-refractivity contribution < 1.29 is 52.9 Å². The SMILES string of the molecule is CCCCC/C=C\C/C=C\C/C=C\CCCCC(=O)O[C@H](COC(=O)CCC/C=C\C/C=C\C/C=C\C/C=C\[C@@H](O)CCCC)COP(=O)(O)OC[C@@H](O)CO. The molecule has 0 saturated heterocycles. The Bertz CT molecular complexity index is 1220. The van der Waals surface area contributed by atoms with Crippen molar-refractivity contribution in [2.75, 3.05) is 26.4 Å². The summed E-state index contributed by atoms with van der Waals surface area (Å²) in [7, 11) is -4.65. The van der Waals surface area contributed by atoms with Gasteiger partial charge < -0.3 is 29.7 Å². The van der Waals surface area contributed by atoms with Gasteiger partial charge in [-0.05, 0) is 83.5 Å². The number of ether oxygens (including phenoxy) is 2. The molecule has 320 valence electrons. The smallest absolute Gasteiger partial charge is 0.462 e. The van der Waals surface area contributed by atoms with Gasteiger partial charge >= 0.3 is 19.8 Å². The van der Waals surface area contributed by atoms with E-state index in [4.69, 9.17) is 19.1 Å². The highest BCUT2D eigenvalue weighted by Crippen LogP contribution is 2.43. The first-order valence-electron chi connectivity index (χ1n) is 20.6.